The van der Waals surface area contributed by atoms with E-state index in [0.717, 1.165) is 0 Å². The predicted molar refractivity (Wildman–Crippen MR) is 132 cm³/mol. The van der Waals surface area contributed by atoms with E-state index in [-0.39, 0.29) is 5.41 Å². The Morgan fingerprint density at radius 1 is 0.586 bits per heavy atom. The van der Waals surface area contributed by atoms with Gasteiger partial charge in [0.15, 0.2) is 0 Å². The Kier molecular flexibility index (Phi) is 4.40. The van der Waals surface area contributed by atoms with Crippen LogP contribution in [0.15, 0.2) is 84.9 Å². The standard InChI is InChI=1S/C28H23I/c1-18-8-9-22(17-27(18)29)20-12-10-19(11-13-20)21-14-15-24-23-6-4-5-7-25(23)28(2,3)26(24)16-21/h4-17H,1-3H3. The molecule has 0 bridgehead atoms. The summed E-state index contributed by atoms with van der Waals surface area (Å²) in [5, 5.41) is 0. The fourth-order valence-electron chi connectivity index (χ4n) is 4.51. The molecule has 0 radical (unpaired) electrons. The topological polar surface area (TPSA) is 0 Å². The molecule has 0 amide bonds. The molecule has 0 nitrogen and oxygen atoms in total. The summed E-state index contributed by atoms with van der Waals surface area (Å²) in [5.74, 6) is 0. The minimum Gasteiger partial charge on any atom is -0.0619 e. The summed E-state index contributed by atoms with van der Waals surface area (Å²) in [5.41, 5.74) is 12.1. The Morgan fingerprint density at radius 3 is 1.83 bits per heavy atom. The first-order chi connectivity index (χ1) is 13.9. The van der Waals surface area contributed by atoms with E-state index in [1.807, 2.05) is 0 Å². The molecule has 0 saturated carbocycles. The fraction of sp³-hybridized carbons (Fsp3) is 0.143. The summed E-state index contributed by atoms with van der Waals surface area (Å²) < 4.78 is 1.31. The molecule has 0 heterocycles. The molecule has 5 rings (SSSR count). The van der Waals surface area contributed by atoms with Crippen molar-refractivity contribution in [2.45, 2.75) is 26.2 Å². The van der Waals surface area contributed by atoms with Crippen LogP contribution in [0.4, 0.5) is 0 Å². The van der Waals surface area contributed by atoms with E-state index in [1.165, 1.54) is 53.6 Å². The molecule has 0 fully saturated rings. The van der Waals surface area contributed by atoms with Crippen LogP contribution in [0.25, 0.3) is 33.4 Å². The van der Waals surface area contributed by atoms with Gasteiger partial charge in [0.05, 0.1) is 0 Å². The highest BCUT2D eigenvalue weighted by atomic mass is 127. The highest BCUT2D eigenvalue weighted by Crippen LogP contribution is 2.49. The first kappa shape index (κ1) is 18.6. The van der Waals surface area contributed by atoms with Crippen LogP contribution in [0, 0.1) is 10.5 Å². The van der Waals surface area contributed by atoms with Crippen LogP contribution in [-0.4, -0.2) is 0 Å². The third kappa shape index (κ3) is 3.03. The van der Waals surface area contributed by atoms with Crippen molar-refractivity contribution in [2.75, 3.05) is 0 Å². The molecule has 1 heteroatoms. The minimum atomic E-state index is 0.0421. The van der Waals surface area contributed by atoms with Gasteiger partial charge in [0.25, 0.3) is 0 Å². The lowest BCUT2D eigenvalue weighted by molar-refractivity contribution is 0.660. The summed E-state index contributed by atoms with van der Waals surface area (Å²) in [6.45, 7) is 6.83. The number of hydrogen-bond acceptors (Lipinski definition) is 0. The Labute approximate surface area is 186 Å². The van der Waals surface area contributed by atoms with Gasteiger partial charge in [-0.3, -0.25) is 0 Å². The zero-order valence-electron chi connectivity index (χ0n) is 17.0. The molecule has 0 spiro atoms. The Morgan fingerprint density at radius 2 is 1.14 bits per heavy atom. The smallest absolute Gasteiger partial charge is 0.0165 e. The number of hydrogen-bond donors (Lipinski definition) is 0. The molecule has 4 aromatic rings. The second kappa shape index (κ2) is 6.84. The average molecular weight is 486 g/mol. The maximum Gasteiger partial charge on any atom is 0.0165 e. The molecular formula is C28H23I. The number of halogens is 1. The van der Waals surface area contributed by atoms with Crippen molar-refractivity contribution in [3.63, 3.8) is 0 Å². The summed E-state index contributed by atoms with van der Waals surface area (Å²) in [4.78, 5) is 0. The van der Waals surface area contributed by atoms with Crippen LogP contribution in [-0.2, 0) is 5.41 Å². The van der Waals surface area contributed by atoms with E-state index in [1.54, 1.807) is 0 Å². The van der Waals surface area contributed by atoms with Gasteiger partial charge in [-0.25, -0.2) is 0 Å². The Hall–Kier alpha value is -2.39. The van der Waals surface area contributed by atoms with Crippen LogP contribution in [0.2, 0.25) is 0 Å². The third-order valence-electron chi connectivity index (χ3n) is 6.31. The summed E-state index contributed by atoms with van der Waals surface area (Å²) in [6, 6.07) is 31.4. The van der Waals surface area contributed by atoms with Crippen molar-refractivity contribution in [3.8, 4) is 33.4 Å². The zero-order valence-corrected chi connectivity index (χ0v) is 19.1. The lowest BCUT2D eigenvalue weighted by atomic mass is 9.81. The maximum atomic E-state index is 2.41. The van der Waals surface area contributed by atoms with Crippen LogP contribution in [0.1, 0.15) is 30.5 Å². The van der Waals surface area contributed by atoms with Gasteiger partial charge in [-0.05, 0) is 91.7 Å². The number of fused-ring (bicyclic) bond motifs is 3. The molecule has 0 atom stereocenters. The monoisotopic (exact) mass is 486 g/mol. The summed E-state index contributed by atoms with van der Waals surface area (Å²) in [7, 11) is 0. The van der Waals surface area contributed by atoms with E-state index in [4.69, 9.17) is 0 Å². The first-order valence-corrected chi connectivity index (χ1v) is 11.1. The molecule has 0 aliphatic heterocycles. The van der Waals surface area contributed by atoms with Gasteiger partial charge in [0, 0.05) is 8.99 Å². The van der Waals surface area contributed by atoms with Gasteiger partial charge < -0.3 is 0 Å². The van der Waals surface area contributed by atoms with Crippen molar-refractivity contribution < 1.29 is 0 Å². The van der Waals surface area contributed by atoms with Crippen molar-refractivity contribution in [1.82, 2.24) is 0 Å². The van der Waals surface area contributed by atoms with E-state index < -0.39 is 0 Å². The van der Waals surface area contributed by atoms with Gasteiger partial charge in [0.2, 0.25) is 0 Å². The normalized spacial score (nSPS) is 13.8. The molecule has 0 unspecified atom stereocenters. The number of rotatable bonds is 2. The quantitative estimate of drug-likeness (QED) is 0.250. The fourth-order valence-corrected chi connectivity index (χ4v) is 5.03. The summed E-state index contributed by atoms with van der Waals surface area (Å²) in [6.07, 6.45) is 0. The van der Waals surface area contributed by atoms with Crippen LogP contribution in [0.5, 0.6) is 0 Å². The maximum absolute atomic E-state index is 2.41. The van der Waals surface area contributed by atoms with Gasteiger partial charge in [-0.15, -0.1) is 0 Å². The molecular weight excluding hydrogens is 463 g/mol. The molecule has 0 N–H and O–H groups in total. The molecule has 4 aromatic carbocycles. The lowest BCUT2D eigenvalue weighted by Crippen LogP contribution is -2.14. The Bertz CT molecular complexity index is 1230. The lowest BCUT2D eigenvalue weighted by Gasteiger charge is -2.22. The van der Waals surface area contributed by atoms with E-state index in [9.17, 15) is 0 Å². The third-order valence-corrected chi connectivity index (χ3v) is 7.47. The van der Waals surface area contributed by atoms with Gasteiger partial charge in [-0.2, -0.15) is 0 Å². The van der Waals surface area contributed by atoms with Crippen molar-refractivity contribution in [2.24, 2.45) is 0 Å². The number of aryl methyl sites for hydroxylation is 1. The highest BCUT2D eigenvalue weighted by Gasteiger charge is 2.35. The molecule has 142 valence electrons. The van der Waals surface area contributed by atoms with Gasteiger partial charge in [-0.1, -0.05) is 86.6 Å². The zero-order chi connectivity index (χ0) is 20.2. The largest absolute Gasteiger partial charge is 0.0619 e. The van der Waals surface area contributed by atoms with Crippen molar-refractivity contribution in [3.05, 3.63) is 105 Å². The van der Waals surface area contributed by atoms with E-state index >= 15 is 0 Å². The second-order valence-electron chi connectivity index (χ2n) is 8.47. The van der Waals surface area contributed by atoms with Crippen LogP contribution >= 0.6 is 22.6 Å². The van der Waals surface area contributed by atoms with Crippen LogP contribution in [0.3, 0.4) is 0 Å². The predicted octanol–water partition coefficient (Wildman–Crippen LogP) is 8.24. The van der Waals surface area contributed by atoms with E-state index in [2.05, 4.69) is 128 Å². The van der Waals surface area contributed by atoms with E-state index in [0.29, 0.717) is 0 Å². The SMILES string of the molecule is Cc1ccc(-c2ccc(-c3ccc4c(c3)C(C)(C)c3ccccc3-4)cc2)cc1I. The minimum absolute atomic E-state index is 0.0421. The molecule has 0 saturated heterocycles. The van der Waals surface area contributed by atoms with Crippen molar-refractivity contribution in [1.29, 1.82) is 0 Å². The Balaban J connectivity index is 1.53. The molecule has 0 aromatic heterocycles. The molecule has 1 aliphatic carbocycles. The number of benzene rings is 4. The highest BCUT2D eigenvalue weighted by molar-refractivity contribution is 14.1. The average Bonchev–Trinajstić information content (AvgIpc) is 2.97. The second-order valence-corrected chi connectivity index (χ2v) is 9.63. The van der Waals surface area contributed by atoms with Gasteiger partial charge >= 0.3 is 0 Å². The molecule has 29 heavy (non-hydrogen) atoms. The summed E-state index contributed by atoms with van der Waals surface area (Å²) >= 11 is 2.41. The van der Waals surface area contributed by atoms with Crippen molar-refractivity contribution >= 4 is 22.6 Å². The first-order valence-electron chi connectivity index (χ1n) is 10.1. The van der Waals surface area contributed by atoms with Crippen LogP contribution < -0.4 is 0 Å². The van der Waals surface area contributed by atoms with Gasteiger partial charge in [0.1, 0.15) is 0 Å². The molecule has 1 aliphatic rings.